The summed E-state index contributed by atoms with van der Waals surface area (Å²) in [5.41, 5.74) is 9.79. The van der Waals surface area contributed by atoms with Crippen molar-refractivity contribution in [3.05, 3.63) is 65.2 Å². The van der Waals surface area contributed by atoms with Crippen molar-refractivity contribution in [1.29, 1.82) is 0 Å². The summed E-state index contributed by atoms with van der Waals surface area (Å²) < 4.78 is 0. The number of hydrogen-bond acceptors (Lipinski definition) is 0. The molecule has 0 saturated carbocycles. The first-order chi connectivity index (χ1) is 10.7. The maximum absolute atomic E-state index is 2.53. The fourth-order valence-corrected chi connectivity index (χ4v) is 3.97. The topological polar surface area (TPSA) is 0 Å². The Hall–Kier alpha value is -1.73. The molecule has 0 spiro atoms. The summed E-state index contributed by atoms with van der Waals surface area (Å²) >= 11 is 0. The highest BCUT2D eigenvalue weighted by Crippen LogP contribution is 2.35. The van der Waals surface area contributed by atoms with Gasteiger partial charge in [-0.1, -0.05) is 73.3 Å². The maximum Gasteiger partial charge on any atom is -0.00133 e. The van der Waals surface area contributed by atoms with Crippen molar-refractivity contribution in [2.24, 2.45) is 0 Å². The standard InChI is InChI=1S/C21H24Si/c1-22(2)14-7-6-9-17-15-19-12-8-13-20(21(19)16-17)18-10-4-3-5-11-18/h3-5,8,10-14,16H,6-7,9,15H2,1-2H3. The van der Waals surface area contributed by atoms with E-state index in [0.29, 0.717) is 0 Å². The van der Waals surface area contributed by atoms with Crippen LogP contribution >= 0.6 is 0 Å². The number of unbranched alkanes of at least 4 members (excludes halogenated alkanes) is 1. The molecule has 0 aromatic heterocycles. The second-order valence-corrected chi connectivity index (χ2v) is 8.96. The third kappa shape index (κ3) is 3.53. The van der Waals surface area contributed by atoms with Gasteiger partial charge in [0.2, 0.25) is 0 Å². The molecular formula is C21H24Si. The Kier molecular flexibility index (Phi) is 4.84. The quantitative estimate of drug-likeness (QED) is 0.498. The third-order valence-electron chi connectivity index (χ3n) is 4.30. The van der Waals surface area contributed by atoms with E-state index >= 15 is 0 Å². The van der Waals surface area contributed by atoms with Crippen LogP contribution in [0.5, 0.6) is 0 Å². The Balaban J connectivity index is 1.77. The molecule has 1 aliphatic rings. The van der Waals surface area contributed by atoms with Crippen LogP contribution in [-0.4, -0.2) is 14.1 Å². The summed E-state index contributed by atoms with van der Waals surface area (Å²) in [5.74, 6) is 0. The highest BCUT2D eigenvalue weighted by molar-refractivity contribution is 6.63. The zero-order chi connectivity index (χ0) is 15.4. The van der Waals surface area contributed by atoms with E-state index in [-0.39, 0.29) is 8.41 Å². The van der Waals surface area contributed by atoms with Gasteiger partial charge in [0.05, 0.1) is 0 Å². The van der Waals surface area contributed by atoms with Gasteiger partial charge < -0.3 is 0 Å². The maximum atomic E-state index is 2.53. The molecule has 0 N–H and O–H groups in total. The minimum atomic E-state index is -0.170. The summed E-state index contributed by atoms with van der Waals surface area (Å²) in [7, 11) is -0.170. The Labute approximate surface area is 135 Å². The van der Waals surface area contributed by atoms with Crippen molar-refractivity contribution in [3.63, 3.8) is 0 Å². The molecule has 0 unspecified atom stereocenters. The van der Waals surface area contributed by atoms with Crippen molar-refractivity contribution in [1.82, 2.24) is 0 Å². The fraction of sp³-hybridized carbons (Fsp3) is 0.286. The van der Waals surface area contributed by atoms with Crippen LogP contribution in [0.2, 0.25) is 13.1 Å². The van der Waals surface area contributed by atoms with Crippen molar-refractivity contribution in [2.75, 3.05) is 0 Å². The fourth-order valence-electron chi connectivity index (χ4n) is 3.19. The highest BCUT2D eigenvalue weighted by Gasteiger charge is 2.15. The van der Waals surface area contributed by atoms with Crippen LogP contribution in [0, 0.1) is 0 Å². The first-order valence-corrected chi connectivity index (χ1v) is 10.8. The molecule has 0 heterocycles. The number of fused-ring (bicyclic) bond motifs is 1. The molecule has 0 bridgehead atoms. The van der Waals surface area contributed by atoms with Crippen LogP contribution in [0.3, 0.4) is 0 Å². The van der Waals surface area contributed by atoms with E-state index in [2.05, 4.69) is 73.4 Å². The van der Waals surface area contributed by atoms with Crippen LogP contribution in [0.1, 0.15) is 30.4 Å². The van der Waals surface area contributed by atoms with Gasteiger partial charge in [-0.15, -0.1) is 5.67 Å². The van der Waals surface area contributed by atoms with Gasteiger partial charge in [0, 0.05) is 0 Å². The van der Waals surface area contributed by atoms with Crippen molar-refractivity contribution < 1.29 is 0 Å². The predicted octanol–water partition coefficient (Wildman–Crippen LogP) is 5.60. The lowest BCUT2D eigenvalue weighted by Crippen LogP contribution is -1.92. The Bertz CT molecular complexity index is 704. The average molecular weight is 305 g/mol. The van der Waals surface area contributed by atoms with Crippen molar-refractivity contribution in [3.8, 4) is 11.1 Å². The summed E-state index contributed by atoms with van der Waals surface area (Å²) in [6.45, 7) is 4.73. The Morgan fingerprint density at radius 3 is 2.59 bits per heavy atom. The predicted molar refractivity (Wildman–Crippen MR) is 101 cm³/mol. The van der Waals surface area contributed by atoms with Gasteiger partial charge in [0.25, 0.3) is 0 Å². The molecule has 2 aromatic rings. The summed E-state index contributed by atoms with van der Waals surface area (Å²) in [4.78, 5) is 0. The van der Waals surface area contributed by atoms with Crippen LogP contribution in [0.4, 0.5) is 0 Å². The van der Waals surface area contributed by atoms with E-state index in [1.54, 1.807) is 5.57 Å². The molecule has 0 radical (unpaired) electrons. The monoisotopic (exact) mass is 304 g/mol. The number of benzene rings is 2. The largest absolute Gasteiger partial charge is 0.104 e. The zero-order valence-corrected chi connectivity index (χ0v) is 14.6. The molecule has 0 saturated heterocycles. The molecule has 0 amide bonds. The molecule has 0 atom stereocenters. The van der Waals surface area contributed by atoms with Crippen LogP contribution in [0.15, 0.2) is 54.1 Å². The van der Waals surface area contributed by atoms with Gasteiger partial charge in [-0.25, -0.2) is 0 Å². The Morgan fingerprint density at radius 2 is 1.82 bits per heavy atom. The number of allylic oxidation sites excluding steroid dienone is 1. The molecule has 112 valence electrons. The second kappa shape index (κ2) is 7.02. The van der Waals surface area contributed by atoms with Crippen LogP contribution < -0.4 is 0 Å². The van der Waals surface area contributed by atoms with Gasteiger partial charge in [0.1, 0.15) is 0 Å². The normalized spacial score (nSPS) is 12.7. The van der Waals surface area contributed by atoms with Gasteiger partial charge >= 0.3 is 0 Å². The van der Waals surface area contributed by atoms with E-state index in [1.807, 2.05) is 0 Å². The van der Waals surface area contributed by atoms with Gasteiger partial charge in [0.15, 0.2) is 0 Å². The molecule has 0 nitrogen and oxygen atoms in total. The Morgan fingerprint density at radius 1 is 1.00 bits per heavy atom. The summed E-state index contributed by atoms with van der Waals surface area (Å²) in [6.07, 6.45) is 7.42. The van der Waals surface area contributed by atoms with E-state index in [0.717, 1.165) is 6.42 Å². The highest BCUT2D eigenvalue weighted by atomic mass is 28.2. The zero-order valence-electron chi connectivity index (χ0n) is 13.6. The summed E-state index contributed by atoms with van der Waals surface area (Å²) in [5, 5.41) is 0. The molecule has 0 aliphatic heterocycles. The molecular weight excluding hydrogens is 280 g/mol. The van der Waals surface area contributed by atoms with Crippen molar-refractivity contribution in [2.45, 2.75) is 38.8 Å². The second-order valence-electron chi connectivity index (χ2n) is 6.40. The summed E-state index contributed by atoms with van der Waals surface area (Å²) in [6, 6.07) is 17.5. The molecule has 22 heavy (non-hydrogen) atoms. The SMILES string of the molecule is C[Si](C)=CCCCC1=Cc2c(cccc2-c2ccccc2)C1. The number of hydrogen-bond donors (Lipinski definition) is 0. The van der Waals surface area contributed by atoms with Gasteiger partial charge in [-0.3, -0.25) is 0 Å². The van der Waals surface area contributed by atoms with Gasteiger partial charge in [-0.05, 0) is 56.3 Å². The minimum absolute atomic E-state index is 0.170. The van der Waals surface area contributed by atoms with E-state index in [9.17, 15) is 0 Å². The lowest BCUT2D eigenvalue weighted by Gasteiger charge is -2.07. The van der Waals surface area contributed by atoms with Crippen molar-refractivity contribution >= 4 is 20.2 Å². The first kappa shape index (κ1) is 15.2. The van der Waals surface area contributed by atoms with E-state index in [1.165, 1.54) is 41.5 Å². The molecule has 1 heteroatoms. The van der Waals surface area contributed by atoms with E-state index in [4.69, 9.17) is 0 Å². The lowest BCUT2D eigenvalue weighted by atomic mass is 9.97. The molecule has 2 aromatic carbocycles. The smallest absolute Gasteiger partial charge is 0.00133 e. The van der Waals surface area contributed by atoms with E-state index < -0.39 is 0 Å². The number of rotatable bonds is 5. The molecule has 0 fully saturated rings. The van der Waals surface area contributed by atoms with Gasteiger partial charge in [-0.2, -0.15) is 0 Å². The van der Waals surface area contributed by atoms with Crippen LogP contribution in [-0.2, 0) is 6.42 Å². The first-order valence-electron chi connectivity index (χ1n) is 8.24. The third-order valence-corrected chi connectivity index (χ3v) is 5.41. The minimum Gasteiger partial charge on any atom is -0.104 e. The molecule has 3 rings (SSSR count). The lowest BCUT2D eigenvalue weighted by molar-refractivity contribution is 0.850. The van der Waals surface area contributed by atoms with Crippen LogP contribution in [0.25, 0.3) is 17.2 Å². The molecule has 1 aliphatic carbocycles. The average Bonchev–Trinajstić information content (AvgIpc) is 2.95.